The molecule has 0 aromatic rings. The molecule has 1 saturated carbocycles. The molecule has 0 bridgehead atoms. The van der Waals surface area contributed by atoms with E-state index in [-0.39, 0.29) is 18.4 Å². The van der Waals surface area contributed by atoms with Gasteiger partial charge in [0, 0.05) is 26.1 Å². The Morgan fingerprint density at radius 2 is 1.81 bits per heavy atom. The predicted octanol–water partition coefficient (Wildman–Crippen LogP) is 2.85. The maximum Gasteiger partial charge on any atom is 0.317 e. The summed E-state index contributed by atoms with van der Waals surface area (Å²) in [7, 11) is 0. The molecule has 5 heteroatoms. The molecule has 1 heterocycles. The summed E-state index contributed by atoms with van der Waals surface area (Å²) in [6.07, 6.45) is 8.47. The third-order valence-electron chi connectivity index (χ3n) is 5.23. The second kappa shape index (κ2) is 7.14. The molecule has 21 heavy (non-hydrogen) atoms. The van der Waals surface area contributed by atoms with Gasteiger partial charge in [-0.1, -0.05) is 19.8 Å². The molecule has 0 aromatic heterocycles. The Balaban J connectivity index is 1.66. The minimum Gasteiger partial charge on any atom is -0.481 e. The lowest BCUT2D eigenvalue weighted by molar-refractivity contribution is -0.137. The Bertz CT molecular complexity index is 368. The summed E-state index contributed by atoms with van der Waals surface area (Å²) in [5, 5.41) is 11.6. The van der Waals surface area contributed by atoms with Crippen LogP contribution in [0.3, 0.4) is 0 Å². The zero-order chi connectivity index (χ0) is 15.3. The normalized spacial score (nSPS) is 22.2. The fourth-order valence-electron chi connectivity index (χ4n) is 3.65. The van der Waals surface area contributed by atoms with E-state index in [1.807, 2.05) is 11.8 Å². The predicted molar refractivity (Wildman–Crippen MR) is 81.1 cm³/mol. The minimum absolute atomic E-state index is 0.0185. The summed E-state index contributed by atoms with van der Waals surface area (Å²) in [5.41, 5.74) is 0.533. The van der Waals surface area contributed by atoms with Crippen LogP contribution in [0.1, 0.15) is 58.3 Å². The third-order valence-corrected chi connectivity index (χ3v) is 5.23. The molecule has 2 fully saturated rings. The minimum atomic E-state index is -0.772. The third kappa shape index (κ3) is 4.61. The lowest BCUT2D eigenvalue weighted by Gasteiger charge is -2.39. The maximum absolute atomic E-state index is 12.1. The number of aliphatic carboxylic acids is 1. The number of carboxylic acids is 1. The summed E-state index contributed by atoms with van der Waals surface area (Å²) in [5.74, 6) is -0.568. The number of piperidine rings is 1. The highest BCUT2D eigenvalue weighted by Crippen LogP contribution is 2.46. The Kier molecular flexibility index (Phi) is 5.48. The zero-order valence-electron chi connectivity index (χ0n) is 13.1. The molecule has 1 saturated heterocycles. The van der Waals surface area contributed by atoms with Gasteiger partial charge in [0.2, 0.25) is 0 Å². The summed E-state index contributed by atoms with van der Waals surface area (Å²) in [6.45, 7) is 4.28. The second-order valence-corrected chi connectivity index (χ2v) is 6.92. The number of hydrogen-bond acceptors (Lipinski definition) is 2. The number of rotatable bonds is 5. The first-order chi connectivity index (χ1) is 10.0. The molecular weight excluding hydrogens is 268 g/mol. The van der Waals surface area contributed by atoms with Crippen LogP contribution in [0.4, 0.5) is 4.79 Å². The van der Waals surface area contributed by atoms with Crippen LogP contribution < -0.4 is 5.32 Å². The Hall–Kier alpha value is -1.26. The van der Waals surface area contributed by atoms with Crippen LogP contribution in [-0.4, -0.2) is 41.6 Å². The molecule has 1 spiro atoms. The Morgan fingerprint density at radius 1 is 1.19 bits per heavy atom. The van der Waals surface area contributed by atoms with Crippen molar-refractivity contribution in [2.75, 3.05) is 19.6 Å². The number of carbonyl (C=O) groups is 2. The molecule has 5 nitrogen and oxygen atoms in total. The van der Waals surface area contributed by atoms with Crippen LogP contribution in [-0.2, 0) is 4.79 Å². The van der Waals surface area contributed by atoms with Crippen LogP contribution in [0, 0.1) is 11.3 Å². The highest BCUT2D eigenvalue weighted by molar-refractivity contribution is 5.74. The first-order valence-corrected chi connectivity index (χ1v) is 8.25. The van der Waals surface area contributed by atoms with Gasteiger partial charge in [-0.25, -0.2) is 4.79 Å². The second-order valence-electron chi connectivity index (χ2n) is 6.92. The van der Waals surface area contributed by atoms with Crippen LogP contribution in [0.2, 0.25) is 0 Å². The number of hydrogen-bond donors (Lipinski definition) is 2. The van der Waals surface area contributed by atoms with Crippen molar-refractivity contribution in [1.82, 2.24) is 10.2 Å². The topological polar surface area (TPSA) is 69.6 Å². The molecule has 0 aromatic carbocycles. The molecule has 1 atom stereocenters. The highest BCUT2D eigenvalue weighted by Gasteiger charge is 2.37. The van der Waals surface area contributed by atoms with Gasteiger partial charge in [0.05, 0.1) is 0 Å². The molecule has 2 rings (SSSR count). The molecule has 2 amide bonds. The fourth-order valence-corrected chi connectivity index (χ4v) is 3.65. The van der Waals surface area contributed by atoms with Crippen molar-refractivity contribution in [2.45, 2.75) is 58.3 Å². The van der Waals surface area contributed by atoms with Crippen molar-refractivity contribution in [1.29, 1.82) is 0 Å². The maximum atomic E-state index is 12.1. The summed E-state index contributed by atoms with van der Waals surface area (Å²) >= 11 is 0. The Morgan fingerprint density at radius 3 is 2.38 bits per heavy atom. The number of urea groups is 1. The van der Waals surface area contributed by atoms with E-state index in [9.17, 15) is 9.59 Å². The zero-order valence-corrected chi connectivity index (χ0v) is 13.1. The Labute approximate surface area is 127 Å². The van der Waals surface area contributed by atoms with Crippen LogP contribution in [0.15, 0.2) is 0 Å². The lowest BCUT2D eigenvalue weighted by atomic mass is 9.77. The van der Waals surface area contributed by atoms with E-state index >= 15 is 0 Å². The molecular formula is C16H28N2O3. The van der Waals surface area contributed by atoms with E-state index in [0.29, 0.717) is 18.4 Å². The lowest BCUT2D eigenvalue weighted by Crippen LogP contribution is -2.47. The standard InChI is InChI=1S/C16H28N2O3/c1-13(4-5-14(19)20)12-17-15(21)18-10-8-16(9-11-18)6-2-3-7-16/h13H,2-12H2,1H3,(H,17,21)(H,19,20). The summed E-state index contributed by atoms with van der Waals surface area (Å²) < 4.78 is 0. The van der Waals surface area contributed by atoms with Crippen molar-refractivity contribution in [2.24, 2.45) is 11.3 Å². The molecule has 1 aliphatic carbocycles. The van der Waals surface area contributed by atoms with Gasteiger partial charge in [-0.05, 0) is 43.4 Å². The van der Waals surface area contributed by atoms with Gasteiger partial charge in [0.25, 0.3) is 0 Å². The van der Waals surface area contributed by atoms with Gasteiger partial charge in [-0.2, -0.15) is 0 Å². The number of nitrogens with one attached hydrogen (secondary N) is 1. The van der Waals surface area contributed by atoms with E-state index in [2.05, 4.69) is 5.32 Å². The number of carboxylic acid groups (broad SMARTS) is 1. The number of nitrogens with zero attached hydrogens (tertiary/aromatic N) is 1. The van der Waals surface area contributed by atoms with Crippen molar-refractivity contribution in [3.8, 4) is 0 Å². The van der Waals surface area contributed by atoms with Crippen LogP contribution >= 0.6 is 0 Å². The summed E-state index contributed by atoms with van der Waals surface area (Å²) in [6, 6.07) is 0.0185. The van der Waals surface area contributed by atoms with Crippen molar-refractivity contribution < 1.29 is 14.7 Å². The quantitative estimate of drug-likeness (QED) is 0.819. The summed E-state index contributed by atoms with van der Waals surface area (Å²) in [4.78, 5) is 24.6. The number of likely N-dealkylation sites (tertiary alicyclic amines) is 1. The number of carbonyl (C=O) groups excluding carboxylic acids is 1. The van der Waals surface area contributed by atoms with E-state index in [1.165, 1.54) is 25.7 Å². The fraction of sp³-hybridized carbons (Fsp3) is 0.875. The highest BCUT2D eigenvalue weighted by atomic mass is 16.4. The van der Waals surface area contributed by atoms with E-state index in [4.69, 9.17) is 5.11 Å². The molecule has 120 valence electrons. The molecule has 2 N–H and O–H groups in total. The molecule has 0 radical (unpaired) electrons. The van der Waals surface area contributed by atoms with Crippen molar-refractivity contribution in [3.63, 3.8) is 0 Å². The van der Waals surface area contributed by atoms with Gasteiger partial charge in [-0.3, -0.25) is 4.79 Å². The monoisotopic (exact) mass is 296 g/mol. The molecule has 2 aliphatic rings. The van der Waals surface area contributed by atoms with Gasteiger partial charge >= 0.3 is 12.0 Å². The van der Waals surface area contributed by atoms with E-state index in [0.717, 1.165) is 25.9 Å². The average molecular weight is 296 g/mol. The largest absolute Gasteiger partial charge is 0.481 e. The van der Waals surface area contributed by atoms with E-state index < -0.39 is 5.97 Å². The van der Waals surface area contributed by atoms with Gasteiger partial charge < -0.3 is 15.3 Å². The first kappa shape index (κ1) is 16.1. The smallest absolute Gasteiger partial charge is 0.317 e. The van der Waals surface area contributed by atoms with Crippen LogP contribution in [0.5, 0.6) is 0 Å². The van der Waals surface area contributed by atoms with Gasteiger partial charge in [0.15, 0.2) is 0 Å². The average Bonchev–Trinajstić information content (AvgIpc) is 2.91. The molecule has 1 aliphatic heterocycles. The van der Waals surface area contributed by atoms with Crippen LogP contribution in [0.25, 0.3) is 0 Å². The van der Waals surface area contributed by atoms with Crippen molar-refractivity contribution >= 4 is 12.0 Å². The van der Waals surface area contributed by atoms with Gasteiger partial charge in [-0.15, -0.1) is 0 Å². The SMILES string of the molecule is CC(CCC(=O)O)CNC(=O)N1CCC2(CCCC2)CC1. The number of amides is 2. The van der Waals surface area contributed by atoms with Gasteiger partial charge in [0.1, 0.15) is 0 Å². The van der Waals surface area contributed by atoms with Crippen molar-refractivity contribution in [3.05, 3.63) is 0 Å². The molecule has 1 unspecified atom stereocenters. The van der Waals surface area contributed by atoms with E-state index in [1.54, 1.807) is 0 Å². The first-order valence-electron chi connectivity index (χ1n) is 8.25.